The van der Waals surface area contributed by atoms with Crippen molar-refractivity contribution in [3.05, 3.63) is 68.2 Å². The Morgan fingerprint density at radius 3 is 2.80 bits per heavy atom. The molecule has 0 atom stereocenters. The lowest BCUT2D eigenvalue weighted by atomic mass is 10.2. The summed E-state index contributed by atoms with van der Waals surface area (Å²) < 4.78 is 1.25. The van der Waals surface area contributed by atoms with Gasteiger partial charge in [0, 0.05) is 17.0 Å². The molecule has 1 heterocycles. The van der Waals surface area contributed by atoms with Crippen molar-refractivity contribution in [3.8, 4) is 5.75 Å². The summed E-state index contributed by atoms with van der Waals surface area (Å²) in [5.74, 6) is 0.406. The minimum atomic E-state index is -0.266. The van der Waals surface area contributed by atoms with E-state index in [-0.39, 0.29) is 16.3 Å². The summed E-state index contributed by atoms with van der Waals surface area (Å²) in [6.45, 7) is 2.00. The van der Waals surface area contributed by atoms with Crippen molar-refractivity contribution < 1.29 is 5.11 Å². The largest absolute Gasteiger partial charge is 0.506 e. The first-order chi connectivity index (χ1) is 12.0. The Kier molecular flexibility index (Phi) is 5.06. The number of aromatic hydroxyl groups is 1. The van der Waals surface area contributed by atoms with E-state index in [0.717, 1.165) is 6.42 Å². The number of rotatable bonds is 4. The number of hydrogen-bond acceptors (Lipinski definition) is 4. The molecular formula is C18H15Cl2N3O2. The van der Waals surface area contributed by atoms with Crippen molar-refractivity contribution in [2.45, 2.75) is 19.8 Å². The molecule has 0 aliphatic rings. The second-order valence-corrected chi connectivity index (χ2v) is 6.33. The molecule has 0 aliphatic carbocycles. The van der Waals surface area contributed by atoms with Crippen LogP contribution in [0.3, 0.4) is 0 Å². The number of hydrogen-bond donors (Lipinski definition) is 1. The number of benzene rings is 2. The molecule has 0 saturated carbocycles. The third-order valence-electron chi connectivity index (χ3n) is 3.66. The maximum atomic E-state index is 12.8. The monoisotopic (exact) mass is 375 g/mol. The van der Waals surface area contributed by atoms with E-state index in [1.165, 1.54) is 23.0 Å². The van der Waals surface area contributed by atoms with E-state index in [9.17, 15) is 9.90 Å². The Labute approximate surface area is 154 Å². The number of para-hydroxylation sites is 1. The summed E-state index contributed by atoms with van der Waals surface area (Å²) in [6.07, 6.45) is 2.76. The highest BCUT2D eigenvalue weighted by Gasteiger charge is 2.10. The molecule has 0 fully saturated rings. The van der Waals surface area contributed by atoms with Gasteiger partial charge in [-0.15, -0.1) is 0 Å². The lowest BCUT2D eigenvalue weighted by molar-refractivity contribution is 0.474. The van der Waals surface area contributed by atoms with Gasteiger partial charge in [-0.05, 0) is 30.7 Å². The van der Waals surface area contributed by atoms with Crippen LogP contribution in [0.4, 0.5) is 0 Å². The lowest BCUT2D eigenvalue weighted by Crippen LogP contribution is -2.22. The number of phenols is 1. The van der Waals surface area contributed by atoms with Crippen LogP contribution in [0, 0.1) is 0 Å². The summed E-state index contributed by atoms with van der Waals surface area (Å²) in [6, 6.07) is 10.1. The minimum Gasteiger partial charge on any atom is -0.506 e. The topological polar surface area (TPSA) is 67.5 Å². The summed E-state index contributed by atoms with van der Waals surface area (Å²) >= 11 is 11.9. The van der Waals surface area contributed by atoms with Gasteiger partial charge in [-0.2, -0.15) is 9.78 Å². The Morgan fingerprint density at radius 1 is 1.28 bits per heavy atom. The van der Waals surface area contributed by atoms with Gasteiger partial charge < -0.3 is 5.11 Å². The fraction of sp³-hybridized carbons (Fsp3) is 0.167. The SMILES string of the molecule is CCCc1nc2ccccc2c(=O)n1/N=C\c1cc(Cl)cc(Cl)c1O. The number of halogens is 2. The van der Waals surface area contributed by atoms with Crippen LogP contribution in [0.25, 0.3) is 10.9 Å². The zero-order valence-electron chi connectivity index (χ0n) is 13.4. The molecule has 0 bridgehead atoms. The number of nitrogens with zero attached hydrogens (tertiary/aromatic N) is 3. The van der Waals surface area contributed by atoms with E-state index < -0.39 is 0 Å². The fourth-order valence-electron chi connectivity index (χ4n) is 2.48. The standard InChI is InChI=1S/C18H15Cl2N3O2/c1-2-5-16-22-15-7-4-3-6-13(15)18(25)23(16)21-10-11-8-12(19)9-14(20)17(11)24/h3-4,6-10,24H,2,5H2,1H3/b21-10-. The van der Waals surface area contributed by atoms with E-state index in [1.807, 2.05) is 13.0 Å². The van der Waals surface area contributed by atoms with E-state index in [4.69, 9.17) is 23.2 Å². The maximum absolute atomic E-state index is 12.8. The predicted molar refractivity (Wildman–Crippen MR) is 101 cm³/mol. The number of aromatic nitrogens is 2. The van der Waals surface area contributed by atoms with Crippen LogP contribution in [0.15, 0.2) is 46.3 Å². The van der Waals surface area contributed by atoms with Crippen LogP contribution in [0.1, 0.15) is 24.7 Å². The Hall–Kier alpha value is -2.37. The molecule has 0 saturated heterocycles. The number of phenolic OH excluding ortho intramolecular Hbond substituents is 1. The van der Waals surface area contributed by atoms with Crippen molar-refractivity contribution >= 4 is 40.3 Å². The van der Waals surface area contributed by atoms with Crippen molar-refractivity contribution in [1.29, 1.82) is 0 Å². The van der Waals surface area contributed by atoms with Crippen LogP contribution in [0.2, 0.25) is 10.0 Å². The molecule has 5 nitrogen and oxygen atoms in total. The Morgan fingerprint density at radius 2 is 2.04 bits per heavy atom. The molecule has 1 N–H and O–H groups in total. The van der Waals surface area contributed by atoms with Crippen molar-refractivity contribution in [1.82, 2.24) is 9.66 Å². The molecule has 3 aromatic rings. The van der Waals surface area contributed by atoms with Crippen LogP contribution < -0.4 is 5.56 Å². The molecule has 0 spiro atoms. The minimum absolute atomic E-state index is 0.117. The van der Waals surface area contributed by atoms with E-state index in [1.54, 1.807) is 18.2 Å². The summed E-state index contributed by atoms with van der Waals surface area (Å²) in [5.41, 5.74) is 0.689. The van der Waals surface area contributed by atoms with E-state index in [0.29, 0.717) is 33.7 Å². The molecule has 0 radical (unpaired) electrons. The zero-order chi connectivity index (χ0) is 18.0. The highest BCUT2D eigenvalue weighted by Crippen LogP contribution is 2.30. The van der Waals surface area contributed by atoms with Gasteiger partial charge in [0.15, 0.2) is 0 Å². The van der Waals surface area contributed by atoms with Gasteiger partial charge in [0.05, 0.1) is 22.1 Å². The molecule has 0 unspecified atom stereocenters. The highest BCUT2D eigenvalue weighted by atomic mass is 35.5. The first-order valence-electron chi connectivity index (χ1n) is 7.74. The normalized spacial score (nSPS) is 11.5. The third-order valence-corrected chi connectivity index (χ3v) is 4.17. The first kappa shape index (κ1) is 17.5. The molecule has 0 amide bonds. The van der Waals surface area contributed by atoms with E-state index >= 15 is 0 Å². The van der Waals surface area contributed by atoms with Gasteiger partial charge in [0.2, 0.25) is 0 Å². The predicted octanol–water partition coefficient (Wildman–Crippen LogP) is 4.24. The molecule has 3 rings (SSSR count). The fourth-order valence-corrected chi connectivity index (χ4v) is 2.99. The Bertz CT molecular complexity index is 1030. The number of fused-ring (bicyclic) bond motifs is 1. The lowest BCUT2D eigenvalue weighted by Gasteiger charge is -2.08. The quantitative estimate of drug-likeness (QED) is 0.693. The molecule has 7 heteroatoms. The van der Waals surface area contributed by atoms with Gasteiger partial charge in [0.25, 0.3) is 5.56 Å². The average molecular weight is 376 g/mol. The molecule has 1 aromatic heterocycles. The van der Waals surface area contributed by atoms with Crippen LogP contribution in [0.5, 0.6) is 5.75 Å². The summed E-state index contributed by atoms with van der Waals surface area (Å²) in [4.78, 5) is 17.3. The maximum Gasteiger partial charge on any atom is 0.282 e. The summed E-state index contributed by atoms with van der Waals surface area (Å²) in [7, 11) is 0. The van der Waals surface area contributed by atoms with Crippen molar-refractivity contribution in [3.63, 3.8) is 0 Å². The van der Waals surface area contributed by atoms with Gasteiger partial charge >= 0.3 is 0 Å². The second-order valence-electron chi connectivity index (χ2n) is 5.48. The average Bonchev–Trinajstić information content (AvgIpc) is 2.59. The zero-order valence-corrected chi connectivity index (χ0v) is 14.9. The van der Waals surface area contributed by atoms with Gasteiger partial charge in [-0.1, -0.05) is 42.3 Å². The first-order valence-corrected chi connectivity index (χ1v) is 8.50. The van der Waals surface area contributed by atoms with E-state index in [2.05, 4.69) is 10.1 Å². The molecular weight excluding hydrogens is 361 g/mol. The molecule has 0 aliphatic heterocycles. The highest BCUT2D eigenvalue weighted by molar-refractivity contribution is 6.36. The van der Waals surface area contributed by atoms with Crippen molar-refractivity contribution in [2.75, 3.05) is 0 Å². The van der Waals surface area contributed by atoms with Gasteiger partial charge in [-0.3, -0.25) is 4.79 Å². The number of aryl methyl sites for hydroxylation is 1. The van der Waals surface area contributed by atoms with Gasteiger partial charge in [0.1, 0.15) is 11.6 Å². The third kappa shape index (κ3) is 3.52. The molecule has 128 valence electrons. The second kappa shape index (κ2) is 7.25. The molecule has 2 aromatic carbocycles. The van der Waals surface area contributed by atoms with Crippen molar-refractivity contribution in [2.24, 2.45) is 5.10 Å². The van der Waals surface area contributed by atoms with Crippen LogP contribution in [-0.2, 0) is 6.42 Å². The molecule has 25 heavy (non-hydrogen) atoms. The Balaban J connectivity index is 2.16. The van der Waals surface area contributed by atoms with Crippen LogP contribution >= 0.6 is 23.2 Å². The smallest absolute Gasteiger partial charge is 0.282 e. The van der Waals surface area contributed by atoms with Gasteiger partial charge in [-0.25, -0.2) is 4.98 Å². The van der Waals surface area contributed by atoms with Crippen LogP contribution in [-0.4, -0.2) is 21.0 Å². The summed E-state index contributed by atoms with van der Waals surface area (Å²) in [5, 5.41) is 15.2.